The van der Waals surface area contributed by atoms with E-state index in [1.54, 1.807) is 67.1 Å². The number of halogens is 2. The molecule has 11 heteroatoms. The smallest absolute Gasteiger partial charge is 0.338 e. The quantitative estimate of drug-likeness (QED) is 0.154. The highest BCUT2D eigenvalue weighted by atomic mass is 79.9. The maximum Gasteiger partial charge on any atom is 0.338 e. The van der Waals surface area contributed by atoms with E-state index in [0.29, 0.717) is 52.7 Å². The average molecular weight is 741 g/mol. The second kappa shape index (κ2) is 14.4. The van der Waals surface area contributed by atoms with E-state index < -0.39 is 12.0 Å². The lowest BCUT2D eigenvalue weighted by molar-refractivity contribution is -0.138. The number of rotatable bonds is 9. The lowest BCUT2D eigenvalue weighted by atomic mass is 9.93. The molecule has 1 aliphatic heterocycles. The van der Waals surface area contributed by atoms with Crippen LogP contribution in [0.15, 0.2) is 111 Å². The summed E-state index contributed by atoms with van der Waals surface area (Å²) in [4.78, 5) is 33.2. The van der Waals surface area contributed by atoms with Crippen molar-refractivity contribution in [2.75, 3.05) is 13.7 Å². The van der Waals surface area contributed by atoms with E-state index in [-0.39, 0.29) is 24.3 Å². The topological polar surface area (TPSA) is 103 Å². The number of fused-ring (bicyclic) bond motifs is 1. The SMILES string of the molecule is CCOC(=O)C1=C(c2ccccc2)N=c2s/c(=C\c3cc(Br)c(OCc4ccc(C#N)cc4)c(OC)c3)c(=O)n2[C@H]1c1ccc(Cl)cc1. The molecule has 1 aliphatic rings. The minimum absolute atomic E-state index is 0.159. The molecule has 8 nitrogen and oxygen atoms in total. The van der Waals surface area contributed by atoms with E-state index in [9.17, 15) is 9.59 Å². The van der Waals surface area contributed by atoms with Crippen molar-refractivity contribution in [1.82, 2.24) is 4.57 Å². The number of thiazole rings is 1. The van der Waals surface area contributed by atoms with Gasteiger partial charge < -0.3 is 14.2 Å². The molecular formula is C37H27BrClN3O5S. The number of aromatic nitrogens is 1. The Kier molecular flexibility index (Phi) is 9.92. The number of benzene rings is 4. The zero-order valence-electron chi connectivity index (χ0n) is 25.8. The molecule has 0 saturated carbocycles. The molecule has 0 unspecified atom stereocenters. The van der Waals surface area contributed by atoms with Crippen LogP contribution >= 0.6 is 38.9 Å². The number of carbonyl (C=O) groups excluding carboxylic acids is 1. The molecule has 240 valence electrons. The number of carbonyl (C=O) groups is 1. The molecule has 48 heavy (non-hydrogen) atoms. The predicted octanol–water partition coefficient (Wildman–Crippen LogP) is 6.81. The van der Waals surface area contributed by atoms with Crippen LogP contribution in [0, 0.1) is 11.3 Å². The van der Waals surface area contributed by atoms with Crippen LogP contribution in [0.3, 0.4) is 0 Å². The van der Waals surface area contributed by atoms with Crippen molar-refractivity contribution in [1.29, 1.82) is 5.26 Å². The molecular weight excluding hydrogens is 714 g/mol. The summed E-state index contributed by atoms with van der Waals surface area (Å²) < 4.78 is 19.9. The molecule has 0 bridgehead atoms. The molecule has 0 radical (unpaired) electrons. The number of esters is 1. The van der Waals surface area contributed by atoms with Crippen molar-refractivity contribution in [3.63, 3.8) is 0 Å². The van der Waals surface area contributed by atoms with Crippen LogP contribution in [0.25, 0.3) is 11.8 Å². The van der Waals surface area contributed by atoms with Crippen molar-refractivity contribution in [2.24, 2.45) is 4.99 Å². The molecule has 6 rings (SSSR count). The summed E-state index contributed by atoms with van der Waals surface area (Å²) in [6.07, 6.45) is 1.76. The van der Waals surface area contributed by atoms with Crippen LogP contribution in [0.2, 0.25) is 5.02 Å². The van der Waals surface area contributed by atoms with E-state index >= 15 is 0 Å². The number of nitriles is 1. The highest BCUT2D eigenvalue weighted by Crippen LogP contribution is 2.38. The molecule has 1 aromatic heterocycles. The monoisotopic (exact) mass is 739 g/mol. The normalized spacial score (nSPS) is 14.1. The van der Waals surface area contributed by atoms with Gasteiger partial charge in [-0.15, -0.1) is 0 Å². The molecule has 0 N–H and O–H groups in total. The second-order valence-electron chi connectivity index (χ2n) is 10.6. The molecule has 5 aromatic rings. The minimum atomic E-state index is -0.811. The highest BCUT2D eigenvalue weighted by Gasteiger charge is 2.35. The van der Waals surface area contributed by atoms with Gasteiger partial charge in [-0.1, -0.05) is 77.5 Å². The van der Waals surface area contributed by atoms with Gasteiger partial charge in [-0.25, -0.2) is 9.79 Å². The first kappa shape index (κ1) is 33.0. The standard InChI is InChI=1S/C37H27BrClN3O5S/c1-3-46-36(44)31-32(25-7-5-4-6-8-25)41-37-42(33(31)26-13-15-27(39)16-14-26)35(43)30(48-37)19-24-17-28(38)34(29(18-24)45-2)47-21-23-11-9-22(20-40)10-12-23/h4-19,33H,3,21H2,1-2H3/b30-19-/t33-/m0/s1. The Morgan fingerprint density at radius 3 is 2.48 bits per heavy atom. The molecule has 2 heterocycles. The number of hydrogen-bond acceptors (Lipinski definition) is 8. The minimum Gasteiger partial charge on any atom is -0.493 e. The summed E-state index contributed by atoms with van der Waals surface area (Å²) in [5.74, 6) is 0.404. The van der Waals surface area contributed by atoms with E-state index in [2.05, 4.69) is 22.0 Å². The van der Waals surface area contributed by atoms with Crippen LogP contribution < -0.4 is 24.4 Å². The second-order valence-corrected chi connectivity index (χ2v) is 12.9. The molecule has 0 saturated heterocycles. The Labute approximate surface area is 293 Å². The first-order valence-corrected chi connectivity index (χ1v) is 16.8. The van der Waals surface area contributed by atoms with E-state index in [1.165, 1.54) is 11.3 Å². The van der Waals surface area contributed by atoms with Gasteiger partial charge in [-0.05, 0) is 82.0 Å². The highest BCUT2D eigenvalue weighted by molar-refractivity contribution is 9.10. The van der Waals surface area contributed by atoms with Crippen molar-refractivity contribution in [3.8, 4) is 17.6 Å². The van der Waals surface area contributed by atoms with Gasteiger partial charge in [-0.2, -0.15) is 5.26 Å². The average Bonchev–Trinajstić information content (AvgIpc) is 3.41. The number of ether oxygens (including phenoxy) is 3. The van der Waals surface area contributed by atoms with Crippen molar-refractivity contribution < 1.29 is 19.0 Å². The number of nitrogens with zero attached hydrogens (tertiary/aromatic N) is 3. The fourth-order valence-corrected chi connectivity index (χ4v) is 7.05. The van der Waals surface area contributed by atoms with Gasteiger partial charge in [-0.3, -0.25) is 9.36 Å². The molecule has 0 spiro atoms. The first-order valence-electron chi connectivity index (χ1n) is 14.8. The molecule has 0 fully saturated rings. The Morgan fingerprint density at radius 2 is 1.81 bits per heavy atom. The van der Waals surface area contributed by atoms with E-state index in [0.717, 1.165) is 11.1 Å². The number of hydrogen-bond donors (Lipinski definition) is 0. The Morgan fingerprint density at radius 1 is 1.08 bits per heavy atom. The van der Waals surface area contributed by atoms with Crippen molar-refractivity contribution in [3.05, 3.63) is 154 Å². The van der Waals surface area contributed by atoms with Crippen LogP contribution in [-0.4, -0.2) is 24.3 Å². The summed E-state index contributed by atoms with van der Waals surface area (Å²) in [5, 5.41) is 9.59. The lowest BCUT2D eigenvalue weighted by Gasteiger charge is -2.25. The maximum atomic E-state index is 14.2. The fourth-order valence-electron chi connectivity index (χ4n) is 5.35. The van der Waals surface area contributed by atoms with Gasteiger partial charge in [0.2, 0.25) is 0 Å². The fraction of sp³-hybridized carbons (Fsp3) is 0.135. The lowest BCUT2D eigenvalue weighted by Crippen LogP contribution is -2.40. The summed E-state index contributed by atoms with van der Waals surface area (Å²) in [6.45, 7) is 2.16. The summed E-state index contributed by atoms with van der Waals surface area (Å²) in [6, 6.07) is 28.5. The molecule has 0 aliphatic carbocycles. The predicted molar refractivity (Wildman–Crippen MR) is 189 cm³/mol. The zero-order valence-corrected chi connectivity index (χ0v) is 28.9. The Balaban J connectivity index is 1.47. The van der Waals surface area contributed by atoms with Gasteiger partial charge in [0.05, 0.1) is 51.7 Å². The van der Waals surface area contributed by atoms with Crippen LogP contribution in [0.5, 0.6) is 11.5 Å². The molecule has 0 amide bonds. The third-order valence-corrected chi connectivity index (χ3v) is 9.40. The zero-order chi connectivity index (χ0) is 33.8. The van der Waals surface area contributed by atoms with Crippen molar-refractivity contribution >= 4 is 56.6 Å². The van der Waals surface area contributed by atoms with Crippen LogP contribution in [-0.2, 0) is 16.1 Å². The largest absolute Gasteiger partial charge is 0.493 e. The van der Waals surface area contributed by atoms with Crippen LogP contribution in [0.4, 0.5) is 0 Å². The molecule has 4 aromatic carbocycles. The Bertz CT molecular complexity index is 2260. The van der Waals surface area contributed by atoms with Gasteiger partial charge in [0.15, 0.2) is 16.3 Å². The third-order valence-electron chi connectivity index (χ3n) is 7.58. The van der Waals surface area contributed by atoms with Crippen LogP contribution in [0.1, 0.15) is 40.8 Å². The van der Waals surface area contributed by atoms with Gasteiger partial charge in [0.25, 0.3) is 5.56 Å². The third kappa shape index (κ3) is 6.71. The number of methoxy groups -OCH3 is 1. The molecule has 1 atom stereocenters. The summed E-state index contributed by atoms with van der Waals surface area (Å²) >= 11 is 11.1. The van der Waals surface area contributed by atoms with Gasteiger partial charge in [0, 0.05) is 10.6 Å². The van der Waals surface area contributed by atoms with E-state index in [4.69, 9.17) is 36.1 Å². The maximum absolute atomic E-state index is 14.2. The summed E-state index contributed by atoms with van der Waals surface area (Å²) in [5.41, 5.74) is 3.94. The first-order chi connectivity index (χ1) is 23.3. The van der Waals surface area contributed by atoms with Crippen molar-refractivity contribution in [2.45, 2.75) is 19.6 Å². The Hall–Kier alpha value is -4.95. The summed E-state index contributed by atoms with van der Waals surface area (Å²) in [7, 11) is 1.54. The van der Waals surface area contributed by atoms with Gasteiger partial charge >= 0.3 is 5.97 Å². The van der Waals surface area contributed by atoms with E-state index in [1.807, 2.05) is 48.5 Å². The van der Waals surface area contributed by atoms with Gasteiger partial charge in [0.1, 0.15) is 6.61 Å².